The summed E-state index contributed by atoms with van der Waals surface area (Å²) < 4.78 is 0. The minimum absolute atomic E-state index is 0. The lowest BCUT2D eigenvalue weighted by molar-refractivity contribution is 0.180. The highest BCUT2D eigenvalue weighted by molar-refractivity contribution is 14.0. The van der Waals surface area contributed by atoms with Gasteiger partial charge in [0.05, 0.1) is 0 Å². The fraction of sp³-hybridized carbons (Fsp3) is 0.800. The molecule has 4 nitrogen and oxygen atoms in total. The lowest BCUT2D eigenvalue weighted by atomic mass is 9.96. The topological polar surface area (TPSA) is 53.6 Å². The highest BCUT2D eigenvalue weighted by Gasteiger charge is 2.18. The molecule has 0 aromatic carbocycles. The Morgan fingerprint density at radius 1 is 1.45 bits per heavy atom. The molecule has 1 fully saturated rings. The fourth-order valence-electron chi connectivity index (χ4n) is 2.29. The normalized spacial score (nSPS) is 17.9. The molecule has 118 valence electrons. The molecule has 1 saturated heterocycles. The van der Waals surface area contributed by atoms with Crippen LogP contribution in [-0.2, 0) is 0 Å². The van der Waals surface area contributed by atoms with E-state index < -0.39 is 0 Å². The van der Waals surface area contributed by atoms with Gasteiger partial charge in [0.25, 0.3) is 0 Å². The summed E-state index contributed by atoms with van der Waals surface area (Å²) in [6.45, 7) is 13.4. The Labute approximate surface area is 141 Å². The Morgan fingerprint density at radius 2 is 2.10 bits per heavy atom. The number of nitrogens with one attached hydrogen (secondary N) is 1. The van der Waals surface area contributed by atoms with Crippen molar-refractivity contribution in [1.82, 2.24) is 10.2 Å². The number of rotatable bonds is 7. The van der Waals surface area contributed by atoms with Crippen LogP contribution >= 0.6 is 24.0 Å². The molecule has 0 unspecified atom stereocenters. The number of halogens is 1. The van der Waals surface area contributed by atoms with Crippen molar-refractivity contribution < 1.29 is 0 Å². The molecule has 1 rings (SSSR count). The number of likely N-dealkylation sites (tertiary alicyclic amines) is 1. The van der Waals surface area contributed by atoms with Crippen LogP contribution in [0.4, 0.5) is 0 Å². The van der Waals surface area contributed by atoms with Crippen LogP contribution in [0.3, 0.4) is 0 Å². The van der Waals surface area contributed by atoms with Gasteiger partial charge in [-0.3, -0.25) is 4.99 Å². The van der Waals surface area contributed by atoms with Gasteiger partial charge in [-0.05, 0) is 50.7 Å². The standard InChI is InChI=1S/C15H30N4.HI/c1-4-8-17-15(16)18-12-14-6-10-19(11-7-14)9-5-13(2)3;/h4,13-14H,1,5-12H2,2-3H3,(H3,16,17,18);1H. The van der Waals surface area contributed by atoms with Crippen LogP contribution in [-0.4, -0.2) is 43.6 Å². The average molecular weight is 394 g/mol. The van der Waals surface area contributed by atoms with E-state index in [1.807, 2.05) is 0 Å². The van der Waals surface area contributed by atoms with Gasteiger partial charge >= 0.3 is 0 Å². The monoisotopic (exact) mass is 394 g/mol. The molecule has 0 aromatic heterocycles. The summed E-state index contributed by atoms with van der Waals surface area (Å²) in [5.41, 5.74) is 5.77. The van der Waals surface area contributed by atoms with E-state index in [9.17, 15) is 0 Å². The first-order chi connectivity index (χ1) is 9.11. The van der Waals surface area contributed by atoms with Gasteiger partial charge in [-0.25, -0.2) is 0 Å². The summed E-state index contributed by atoms with van der Waals surface area (Å²) in [5.74, 6) is 2.04. The number of hydrogen-bond acceptors (Lipinski definition) is 2. The number of nitrogens with zero attached hydrogens (tertiary/aromatic N) is 2. The number of hydrogen-bond donors (Lipinski definition) is 2. The molecule has 3 N–H and O–H groups in total. The van der Waals surface area contributed by atoms with E-state index in [1.54, 1.807) is 6.08 Å². The van der Waals surface area contributed by atoms with Crippen molar-refractivity contribution in [3.05, 3.63) is 12.7 Å². The predicted molar refractivity (Wildman–Crippen MR) is 98.7 cm³/mol. The number of aliphatic imine (C=N–C) groups is 1. The first-order valence-corrected chi connectivity index (χ1v) is 7.48. The van der Waals surface area contributed by atoms with E-state index in [0.717, 1.165) is 12.5 Å². The van der Waals surface area contributed by atoms with Gasteiger partial charge in [-0.2, -0.15) is 0 Å². The Morgan fingerprint density at radius 3 is 2.65 bits per heavy atom. The Bertz CT molecular complexity index is 284. The molecule has 5 heteroatoms. The first-order valence-electron chi connectivity index (χ1n) is 7.48. The summed E-state index contributed by atoms with van der Waals surface area (Å²) in [5, 5.41) is 3.01. The van der Waals surface area contributed by atoms with E-state index in [0.29, 0.717) is 18.4 Å². The molecule has 20 heavy (non-hydrogen) atoms. The first kappa shape index (κ1) is 19.7. The summed E-state index contributed by atoms with van der Waals surface area (Å²) in [6.07, 6.45) is 5.59. The Kier molecular flexibility index (Phi) is 11.2. The number of guanidine groups is 1. The highest BCUT2D eigenvalue weighted by atomic mass is 127. The Hall–Kier alpha value is -0.300. The zero-order valence-corrected chi connectivity index (χ0v) is 15.3. The summed E-state index contributed by atoms with van der Waals surface area (Å²) >= 11 is 0. The van der Waals surface area contributed by atoms with Crippen LogP contribution in [0.15, 0.2) is 17.6 Å². The van der Waals surface area contributed by atoms with Crippen molar-refractivity contribution >= 4 is 29.9 Å². The molecule has 0 spiro atoms. The molecule has 1 aliphatic rings. The van der Waals surface area contributed by atoms with Gasteiger partial charge in [0.2, 0.25) is 0 Å². The zero-order chi connectivity index (χ0) is 14.1. The smallest absolute Gasteiger partial charge is 0.188 e. The third-order valence-electron chi connectivity index (χ3n) is 3.68. The molecule has 1 aliphatic heterocycles. The van der Waals surface area contributed by atoms with Gasteiger partial charge in [0.1, 0.15) is 0 Å². The lowest BCUT2D eigenvalue weighted by Gasteiger charge is -2.31. The van der Waals surface area contributed by atoms with E-state index in [1.165, 1.54) is 38.9 Å². The summed E-state index contributed by atoms with van der Waals surface area (Å²) in [7, 11) is 0. The molecular weight excluding hydrogens is 363 g/mol. The molecule has 0 bridgehead atoms. The van der Waals surface area contributed by atoms with Crippen molar-refractivity contribution in [3.63, 3.8) is 0 Å². The van der Waals surface area contributed by atoms with Crippen molar-refractivity contribution in [2.24, 2.45) is 22.6 Å². The minimum Gasteiger partial charge on any atom is -0.370 e. The summed E-state index contributed by atoms with van der Waals surface area (Å²) in [4.78, 5) is 6.98. The summed E-state index contributed by atoms with van der Waals surface area (Å²) in [6, 6.07) is 0. The van der Waals surface area contributed by atoms with Crippen LogP contribution in [0.25, 0.3) is 0 Å². The SMILES string of the molecule is C=CCNC(N)=NCC1CCN(CCC(C)C)CC1.I. The maximum absolute atomic E-state index is 5.77. The second-order valence-electron chi connectivity index (χ2n) is 5.86. The van der Waals surface area contributed by atoms with Gasteiger partial charge < -0.3 is 16.0 Å². The second-order valence-corrected chi connectivity index (χ2v) is 5.86. The molecular formula is C15H31IN4. The predicted octanol–water partition coefficient (Wildman–Crippen LogP) is 2.45. The molecule has 0 radical (unpaired) electrons. The average Bonchev–Trinajstić information content (AvgIpc) is 2.41. The molecule has 0 saturated carbocycles. The second kappa shape index (κ2) is 11.4. The van der Waals surface area contributed by atoms with Crippen LogP contribution < -0.4 is 11.1 Å². The molecule has 0 amide bonds. The number of nitrogens with two attached hydrogens (primary N) is 1. The number of piperidine rings is 1. The van der Waals surface area contributed by atoms with Gasteiger partial charge in [-0.1, -0.05) is 19.9 Å². The van der Waals surface area contributed by atoms with Crippen LogP contribution in [0, 0.1) is 11.8 Å². The lowest BCUT2D eigenvalue weighted by Crippen LogP contribution is -2.36. The van der Waals surface area contributed by atoms with E-state index in [4.69, 9.17) is 5.73 Å². The Balaban J connectivity index is 0.00000361. The van der Waals surface area contributed by atoms with E-state index >= 15 is 0 Å². The third-order valence-corrected chi connectivity index (χ3v) is 3.68. The molecule has 0 aromatic rings. The quantitative estimate of drug-likeness (QED) is 0.302. The highest BCUT2D eigenvalue weighted by Crippen LogP contribution is 2.18. The minimum atomic E-state index is 0. The fourth-order valence-corrected chi connectivity index (χ4v) is 2.29. The van der Waals surface area contributed by atoms with Gasteiger partial charge in [0, 0.05) is 13.1 Å². The van der Waals surface area contributed by atoms with Crippen LogP contribution in [0.1, 0.15) is 33.1 Å². The van der Waals surface area contributed by atoms with E-state index in [-0.39, 0.29) is 24.0 Å². The van der Waals surface area contributed by atoms with Crippen molar-refractivity contribution in [2.45, 2.75) is 33.1 Å². The van der Waals surface area contributed by atoms with E-state index in [2.05, 4.69) is 35.6 Å². The van der Waals surface area contributed by atoms with Crippen LogP contribution in [0.5, 0.6) is 0 Å². The largest absolute Gasteiger partial charge is 0.370 e. The van der Waals surface area contributed by atoms with Gasteiger partial charge in [0.15, 0.2) is 5.96 Å². The maximum atomic E-state index is 5.77. The zero-order valence-electron chi connectivity index (χ0n) is 13.0. The maximum Gasteiger partial charge on any atom is 0.188 e. The van der Waals surface area contributed by atoms with Crippen molar-refractivity contribution in [3.8, 4) is 0 Å². The molecule has 0 aliphatic carbocycles. The van der Waals surface area contributed by atoms with Crippen molar-refractivity contribution in [1.29, 1.82) is 0 Å². The van der Waals surface area contributed by atoms with Gasteiger partial charge in [-0.15, -0.1) is 30.6 Å². The molecule has 1 heterocycles. The molecule has 0 atom stereocenters. The van der Waals surface area contributed by atoms with Crippen molar-refractivity contribution in [2.75, 3.05) is 32.7 Å². The third kappa shape index (κ3) is 8.79. The van der Waals surface area contributed by atoms with Crippen LogP contribution in [0.2, 0.25) is 0 Å².